The zero-order chi connectivity index (χ0) is 7.28. The molecule has 0 aromatic rings. The second-order valence-electron chi connectivity index (χ2n) is 2.61. The summed E-state index contributed by atoms with van der Waals surface area (Å²) in [6.45, 7) is 4.31. The number of hydrogen-bond acceptors (Lipinski definition) is 2. The molecule has 0 saturated heterocycles. The fourth-order valence-electron chi connectivity index (χ4n) is 0.849. The van der Waals surface area contributed by atoms with Crippen LogP contribution in [-0.2, 0) is 0 Å². The van der Waals surface area contributed by atoms with Gasteiger partial charge >= 0.3 is 0 Å². The molecule has 0 unspecified atom stereocenters. The summed E-state index contributed by atoms with van der Waals surface area (Å²) in [6, 6.07) is -0.0232. The van der Waals surface area contributed by atoms with Gasteiger partial charge in [0.15, 0.2) is 0 Å². The van der Waals surface area contributed by atoms with E-state index in [2.05, 4.69) is 13.8 Å². The molecule has 0 bridgehead atoms. The number of rotatable bonds is 4. The lowest BCUT2D eigenvalue weighted by Gasteiger charge is -2.15. The molecule has 0 aromatic carbocycles. The van der Waals surface area contributed by atoms with E-state index in [-0.39, 0.29) is 12.6 Å². The molecule has 0 heterocycles. The van der Waals surface area contributed by atoms with Gasteiger partial charge in [0, 0.05) is 6.04 Å². The fourth-order valence-corrected chi connectivity index (χ4v) is 0.849. The van der Waals surface area contributed by atoms with E-state index in [1.807, 2.05) is 0 Å². The van der Waals surface area contributed by atoms with Gasteiger partial charge in [0.1, 0.15) is 0 Å². The summed E-state index contributed by atoms with van der Waals surface area (Å²) in [5.41, 5.74) is 5.55. The smallest absolute Gasteiger partial charge is 0.0585 e. The van der Waals surface area contributed by atoms with Crippen molar-refractivity contribution in [2.24, 2.45) is 11.7 Å². The standard InChI is InChI=1S/C7H17NO/c1-3-4-6(2)7(8)5-9/h6-7,9H,3-5,8H2,1-2H3/t6-,7-/m1/s1. The summed E-state index contributed by atoms with van der Waals surface area (Å²) in [6.07, 6.45) is 2.26. The lowest BCUT2D eigenvalue weighted by molar-refractivity contribution is 0.227. The molecule has 9 heavy (non-hydrogen) atoms. The number of nitrogens with two attached hydrogens (primary N) is 1. The van der Waals surface area contributed by atoms with E-state index in [4.69, 9.17) is 10.8 Å². The Morgan fingerprint density at radius 3 is 2.44 bits per heavy atom. The van der Waals surface area contributed by atoms with Crippen LogP contribution in [0.15, 0.2) is 0 Å². The highest BCUT2D eigenvalue weighted by atomic mass is 16.3. The van der Waals surface area contributed by atoms with E-state index in [1.54, 1.807) is 0 Å². The highest BCUT2D eigenvalue weighted by molar-refractivity contribution is 4.66. The van der Waals surface area contributed by atoms with Gasteiger partial charge in [-0.05, 0) is 12.3 Å². The number of aliphatic hydroxyl groups is 1. The van der Waals surface area contributed by atoms with Gasteiger partial charge in [-0.15, -0.1) is 0 Å². The molecule has 2 atom stereocenters. The Bertz CT molecular complexity index is 65.9. The van der Waals surface area contributed by atoms with Crippen LogP contribution in [0, 0.1) is 5.92 Å². The third-order valence-electron chi connectivity index (χ3n) is 1.69. The predicted molar refractivity (Wildman–Crippen MR) is 39.1 cm³/mol. The lowest BCUT2D eigenvalue weighted by Crippen LogP contribution is -2.31. The lowest BCUT2D eigenvalue weighted by atomic mass is 9.99. The molecule has 2 heteroatoms. The summed E-state index contributed by atoms with van der Waals surface area (Å²) in [5.74, 6) is 0.458. The van der Waals surface area contributed by atoms with Gasteiger partial charge < -0.3 is 10.8 Å². The fraction of sp³-hybridized carbons (Fsp3) is 1.00. The van der Waals surface area contributed by atoms with Crippen molar-refractivity contribution in [3.05, 3.63) is 0 Å². The van der Waals surface area contributed by atoms with Crippen molar-refractivity contribution >= 4 is 0 Å². The van der Waals surface area contributed by atoms with Crippen LogP contribution in [0.5, 0.6) is 0 Å². The Labute approximate surface area is 57.1 Å². The maximum absolute atomic E-state index is 8.61. The van der Waals surface area contributed by atoms with Gasteiger partial charge in [0.2, 0.25) is 0 Å². The molecule has 0 saturated carbocycles. The van der Waals surface area contributed by atoms with E-state index in [9.17, 15) is 0 Å². The minimum absolute atomic E-state index is 0.0232. The second kappa shape index (κ2) is 4.77. The van der Waals surface area contributed by atoms with E-state index >= 15 is 0 Å². The Balaban J connectivity index is 3.32. The van der Waals surface area contributed by atoms with E-state index in [0.717, 1.165) is 12.8 Å². The summed E-state index contributed by atoms with van der Waals surface area (Å²) in [7, 11) is 0. The van der Waals surface area contributed by atoms with Crippen molar-refractivity contribution in [3.8, 4) is 0 Å². The molecule has 56 valence electrons. The van der Waals surface area contributed by atoms with Gasteiger partial charge in [0.25, 0.3) is 0 Å². The van der Waals surface area contributed by atoms with Crippen LogP contribution in [0.25, 0.3) is 0 Å². The average Bonchev–Trinajstić information content (AvgIpc) is 1.87. The van der Waals surface area contributed by atoms with Crippen molar-refractivity contribution in [2.45, 2.75) is 32.7 Å². The summed E-state index contributed by atoms with van der Waals surface area (Å²) in [5, 5.41) is 8.61. The summed E-state index contributed by atoms with van der Waals surface area (Å²) >= 11 is 0. The van der Waals surface area contributed by atoms with E-state index in [0.29, 0.717) is 5.92 Å². The van der Waals surface area contributed by atoms with Crippen LogP contribution in [0.4, 0.5) is 0 Å². The van der Waals surface area contributed by atoms with Crippen LogP contribution >= 0.6 is 0 Å². The minimum Gasteiger partial charge on any atom is -0.395 e. The number of hydrogen-bond donors (Lipinski definition) is 2. The van der Waals surface area contributed by atoms with Crippen LogP contribution < -0.4 is 5.73 Å². The first kappa shape index (κ1) is 8.92. The molecule has 0 aliphatic heterocycles. The number of aliphatic hydroxyl groups excluding tert-OH is 1. The quantitative estimate of drug-likeness (QED) is 0.591. The van der Waals surface area contributed by atoms with Gasteiger partial charge in [-0.25, -0.2) is 0 Å². The summed E-state index contributed by atoms with van der Waals surface area (Å²) < 4.78 is 0. The molecular weight excluding hydrogens is 114 g/mol. The highest BCUT2D eigenvalue weighted by Gasteiger charge is 2.08. The zero-order valence-corrected chi connectivity index (χ0v) is 6.30. The minimum atomic E-state index is -0.0232. The van der Waals surface area contributed by atoms with Gasteiger partial charge in [-0.3, -0.25) is 0 Å². The Morgan fingerprint density at radius 1 is 1.56 bits per heavy atom. The van der Waals surface area contributed by atoms with E-state index < -0.39 is 0 Å². The van der Waals surface area contributed by atoms with Crippen molar-refractivity contribution in [1.29, 1.82) is 0 Å². The van der Waals surface area contributed by atoms with Crippen molar-refractivity contribution < 1.29 is 5.11 Å². The third kappa shape index (κ3) is 3.49. The maximum Gasteiger partial charge on any atom is 0.0585 e. The molecule has 0 aliphatic rings. The Kier molecular flexibility index (Phi) is 4.72. The van der Waals surface area contributed by atoms with Crippen LogP contribution in [-0.4, -0.2) is 17.8 Å². The third-order valence-corrected chi connectivity index (χ3v) is 1.69. The molecule has 0 fully saturated rings. The maximum atomic E-state index is 8.61. The second-order valence-corrected chi connectivity index (χ2v) is 2.61. The SMILES string of the molecule is CCC[C@@H](C)[C@H](N)CO. The molecule has 2 nitrogen and oxygen atoms in total. The average molecular weight is 131 g/mol. The molecule has 0 aliphatic carbocycles. The molecule has 0 aromatic heterocycles. The van der Waals surface area contributed by atoms with Crippen LogP contribution in [0.1, 0.15) is 26.7 Å². The first-order chi connectivity index (χ1) is 4.22. The molecule has 0 radical (unpaired) electrons. The van der Waals surface area contributed by atoms with Crippen molar-refractivity contribution in [2.75, 3.05) is 6.61 Å². The molecule has 0 rings (SSSR count). The van der Waals surface area contributed by atoms with Crippen LogP contribution in [0.3, 0.4) is 0 Å². The largest absolute Gasteiger partial charge is 0.395 e. The molecule has 3 N–H and O–H groups in total. The van der Waals surface area contributed by atoms with Gasteiger partial charge in [0.05, 0.1) is 6.61 Å². The predicted octanol–water partition coefficient (Wildman–Crippen LogP) is 0.742. The molecule has 0 spiro atoms. The monoisotopic (exact) mass is 131 g/mol. The highest BCUT2D eigenvalue weighted by Crippen LogP contribution is 2.07. The van der Waals surface area contributed by atoms with Crippen LogP contribution in [0.2, 0.25) is 0 Å². The first-order valence-corrected chi connectivity index (χ1v) is 3.58. The Hall–Kier alpha value is -0.0800. The summed E-state index contributed by atoms with van der Waals surface area (Å²) in [4.78, 5) is 0. The molecule has 0 amide bonds. The molecular formula is C7H17NO. The normalized spacial score (nSPS) is 17.3. The van der Waals surface area contributed by atoms with Crippen molar-refractivity contribution in [1.82, 2.24) is 0 Å². The zero-order valence-electron chi connectivity index (χ0n) is 6.30. The van der Waals surface area contributed by atoms with Gasteiger partial charge in [-0.1, -0.05) is 20.3 Å². The first-order valence-electron chi connectivity index (χ1n) is 3.58. The van der Waals surface area contributed by atoms with Gasteiger partial charge in [-0.2, -0.15) is 0 Å². The van der Waals surface area contributed by atoms with Crippen molar-refractivity contribution in [3.63, 3.8) is 0 Å². The van der Waals surface area contributed by atoms with E-state index in [1.165, 1.54) is 0 Å². The topological polar surface area (TPSA) is 46.2 Å². The Morgan fingerprint density at radius 2 is 2.11 bits per heavy atom.